The standard InChI is InChI=1S/C14H18O2/c15-14(16)13-8-4-7-12(10-13)9-11-5-2-1-3-6-11/h1-3,5-6,12-13H,4,7-10H2,(H,15,16). The van der Waals surface area contributed by atoms with Crippen molar-refractivity contribution < 1.29 is 9.90 Å². The zero-order valence-electron chi connectivity index (χ0n) is 9.43. The third-order valence-corrected chi connectivity index (χ3v) is 3.50. The SMILES string of the molecule is O=C(O)C1CCCC(Cc2ccccc2)C1. The van der Waals surface area contributed by atoms with Crippen LogP contribution in [0.1, 0.15) is 31.2 Å². The molecule has 1 aromatic rings. The van der Waals surface area contributed by atoms with Crippen LogP contribution in [-0.4, -0.2) is 11.1 Å². The number of carboxylic acids is 1. The first-order valence-electron chi connectivity index (χ1n) is 6.02. The summed E-state index contributed by atoms with van der Waals surface area (Å²) in [5.74, 6) is -0.169. The van der Waals surface area contributed by atoms with E-state index >= 15 is 0 Å². The molecule has 2 rings (SSSR count). The van der Waals surface area contributed by atoms with Gasteiger partial charge in [-0.15, -0.1) is 0 Å². The van der Waals surface area contributed by atoms with Gasteiger partial charge in [-0.05, 0) is 30.7 Å². The van der Waals surface area contributed by atoms with Crippen molar-refractivity contribution in [2.75, 3.05) is 0 Å². The van der Waals surface area contributed by atoms with Gasteiger partial charge in [0.15, 0.2) is 0 Å². The van der Waals surface area contributed by atoms with Gasteiger partial charge in [0.05, 0.1) is 5.92 Å². The zero-order chi connectivity index (χ0) is 11.4. The van der Waals surface area contributed by atoms with Crippen LogP contribution in [0.25, 0.3) is 0 Å². The predicted octanol–water partition coefficient (Wildman–Crippen LogP) is 3.12. The van der Waals surface area contributed by atoms with Crippen molar-refractivity contribution in [3.05, 3.63) is 35.9 Å². The summed E-state index contributed by atoms with van der Waals surface area (Å²) < 4.78 is 0. The van der Waals surface area contributed by atoms with E-state index in [0.717, 1.165) is 25.7 Å². The predicted molar refractivity (Wildman–Crippen MR) is 63.2 cm³/mol. The lowest BCUT2D eigenvalue weighted by atomic mass is 9.79. The summed E-state index contributed by atoms with van der Waals surface area (Å²) in [6, 6.07) is 10.4. The largest absolute Gasteiger partial charge is 0.481 e. The molecule has 2 atom stereocenters. The van der Waals surface area contributed by atoms with E-state index in [1.165, 1.54) is 12.0 Å². The molecule has 1 aromatic carbocycles. The Bertz CT molecular complexity index is 345. The molecule has 2 heteroatoms. The van der Waals surface area contributed by atoms with Crippen LogP contribution in [0.4, 0.5) is 0 Å². The van der Waals surface area contributed by atoms with E-state index in [0.29, 0.717) is 5.92 Å². The second-order valence-electron chi connectivity index (χ2n) is 4.76. The fraction of sp³-hybridized carbons (Fsp3) is 0.500. The molecule has 0 amide bonds. The van der Waals surface area contributed by atoms with Gasteiger partial charge in [0.25, 0.3) is 0 Å². The van der Waals surface area contributed by atoms with Crippen molar-refractivity contribution in [3.8, 4) is 0 Å². The van der Waals surface area contributed by atoms with Gasteiger partial charge >= 0.3 is 5.97 Å². The van der Waals surface area contributed by atoms with Gasteiger partial charge < -0.3 is 5.11 Å². The maximum Gasteiger partial charge on any atom is 0.306 e. The summed E-state index contributed by atoms with van der Waals surface area (Å²) in [6.45, 7) is 0. The Balaban J connectivity index is 1.93. The molecule has 0 aliphatic heterocycles. The molecule has 1 aliphatic rings. The van der Waals surface area contributed by atoms with Crippen LogP contribution in [0.3, 0.4) is 0 Å². The monoisotopic (exact) mass is 218 g/mol. The molecular weight excluding hydrogens is 200 g/mol. The molecule has 86 valence electrons. The topological polar surface area (TPSA) is 37.3 Å². The lowest BCUT2D eigenvalue weighted by molar-refractivity contribution is -0.143. The lowest BCUT2D eigenvalue weighted by Gasteiger charge is -2.26. The summed E-state index contributed by atoms with van der Waals surface area (Å²) >= 11 is 0. The number of rotatable bonds is 3. The molecule has 1 aliphatic carbocycles. The van der Waals surface area contributed by atoms with Crippen molar-refractivity contribution in [1.82, 2.24) is 0 Å². The van der Waals surface area contributed by atoms with E-state index < -0.39 is 5.97 Å². The summed E-state index contributed by atoms with van der Waals surface area (Å²) in [6.07, 6.45) is 4.99. The van der Waals surface area contributed by atoms with Crippen LogP contribution in [0.5, 0.6) is 0 Å². The van der Waals surface area contributed by atoms with Crippen LogP contribution in [0.2, 0.25) is 0 Å². The van der Waals surface area contributed by atoms with E-state index in [1.54, 1.807) is 0 Å². The maximum atomic E-state index is 11.0. The molecule has 0 heterocycles. The minimum atomic E-state index is -0.613. The highest BCUT2D eigenvalue weighted by atomic mass is 16.4. The first-order valence-corrected chi connectivity index (χ1v) is 6.02. The van der Waals surface area contributed by atoms with Crippen LogP contribution in [-0.2, 0) is 11.2 Å². The summed E-state index contributed by atoms with van der Waals surface area (Å²) in [4.78, 5) is 11.0. The maximum absolute atomic E-state index is 11.0. The average molecular weight is 218 g/mol. The number of benzene rings is 1. The first-order chi connectivity index (χ1) is 7.75. The Morgan fingerprint density at radius 2 is 2.00 bits per heavy atom. The Morgan fingerprint density at radius 1 is 1.25 bits per heavy atom. The van der Waals surface area contributed by atoms with Gasteiger partial charge in [-0.1, -0.05) is 43.2 Å². The zero-order valence-corrected chi connectivity index (χ0v) is 9.43. The second kappa shape index (κ2) is 5.15. The lowest BCUT2D eigenvalue weighted by Crippen LogP contribution is -2.23. The Kier molecular flexibility index (Phi) is 3.60. The minimum Gasteiger partial charge on any atom is -0.481 e. The average Bonchev–Trinajstić information content (AvgIpc) is 2.30. The van der Waals surface area contributed by atoms with E-state index in [2.05, 4.69) is 12.1 Å². The number of carbonyl (C=O) groups is 1. The van der Waals surface area contributed by atoms with E-state index in [1.807, 2.05) is 18.2 Å². The summed E-state index contributed by atoms with van der Waals surface area (Å²) in [5.41, 5.74) is 1.33. The first kappa shape index (κ1) is 11.2. The fourth-order valence-electron chi connectivity index (χ4n) is 2.65. The Morgan fingerprint density at radius 3 is 2.69 bits per heavy atom. The van der Waals surface area contributed by atoms with Gasteiger partial charge in [-0.25, -0.2) is 0 Å². The Labute approximate surface area is 96.3 Å². The van der Waals surface area contributed by atoms with E-state index in [9.17, 15) is 4.79 Å². The van der Waals surface area contributed by atoms with Crippen LogP contribution < -0.4 is 0 Å². The second-order valence-corrected chi connectivity index (χ2v) is 4.76. The van der Waals surface area contributed by atoms with Crippen molar-refractivity contribution >= 4 is 5.97 Å². The molecule has 0 spiro atoms. The van der Waals surface area contributed by atoms with Crippen LogP contribution in [0, 0.1) is 11.8 Å². The quantitative estimate of drug-likeness (QED) is 0.846. The van der Waals surface area contributed by atoms with Gasteiger partial charge in [0.1, 0.15) is 0 Å². The van der Waals surface area contributed by atoms with Crippen molar-refractivity contribution in [2.45, 2.75) is 32.1 Å². The van der Waals surface area contributed by atoms with Gasteiger partial charge in [-0.2, -0.15) is 0 Å². The number of hydrogen-bond acceptors (Lipinski definition) is 1. The van der Waals surface area contributed by atoms with Crippen molar-refractivity contribution in [2.24, 2.45) is 11.8 Å². The highest BCUT2D eigenvalue weighted by molar-refractivity contribution is 5.70. The molecule has 0 saturated heterocycles. The van der Waals surface area contributed by atoms with Crippen molar-refractivity contribution in [3.63, 3.8) is 0 Å². The molecule has 0 aromatic heterocycles. The molecule has 0 bridgehead atoms. The van der Waals surface area contributed by atoms with Crippen LogP contribution in [0.15, 0.2) is 30.3 Å². The highest BCUT2D eigenvalue weighted by Crippen LogP contribution is 2.31. The summed E-state index contributed by atoms with van der Waals surface area (Å²) in [7, 11) is 0. The normalized spacial score (nSPS) is 25.2. The molecule has 16 heavy (non-hydrogen) atoms. The summed E-state index contributed by atoms with van der Waals surface area (Å²) in [5, 5.41) is 9.02. The number of carboxylic acid groups (broad SMARTS) is 1. The van der Waals surface area contributed by atoms with Crippen molar-refractivity contribution in [1.29, 1.82) is 0 Å². The molecule has 2 unspecified atom stereocenters. The molecule has 1 N–H and O–H groups in total. The Hall–Kier alpha value is -1.31. The third-order valence-electron chi connectivity index (χ3n) is 3.50. The third kappa shape index (κ3) is 2.84. The van der Waals surface area contributed by atoms with Gasteiger partial charge in [0, 0.05) is 0 Å². The molecule has 1 fully saturated rings. The van der Waals surface area contributed by atoms with E-state index in [-0.39, 0.29) is 5.92 Å². The molecule has 2 nitrogen and oxygen atoms in total. The smallest absolute Gasteiger partial charge is 0.306 e. The van der Waals surface area contributed by atoms with Gasteiger partial charge in [-0.3, -0.25) is 4.79 Å². The van der Waals surface area contributed by atoms with E-state index in [4.69, 9.17) is 5.11 Å². The number of aliphatic carboxylic acids is 1. The molecular formula is C14H18O2. The minimum absolute atomic E-state index is 0.109. The fourth-order valence-corrected chi connectivity index (χ4v) is 2.65. The highest BCUT2D eigenvalue weighted by Gasteiger charge is 2.26. The van der Waals surface area contributed by atoms with Crippen LogP contribution >= 0.6 is 0 Å². The molecule has 1 saturated carbocycles. The number of hydrogen-bond donors (Lipinski definition) is 1. The van der Waals surface area contributed by atoms with Gasteiger partial charge in [0.2, 0.25) is 0 Å². The molecule has 0 radical (unpaired) electrons.